The summed E-state index contributed by atoms with van der Waals surface area (Å²) in [4.78, 5) is 37.2. The van der Waals surface area contributed by atoms with Crippen LogP contribution in [0, 0.1) is 26.7 Å². The van der Waals surface area contributed by atoms with Crippen molar-refractivity contribution in [3.05, 3.63) is 85.1 Å². The van der Waals surface area contributed by atoms with Crippen molar-refractivity contribution in [2.24, 2.45) is 5.41 Å². The second-order valence-electron chi connectivity index (χ2n) is 6.60. The Labute approximate surface area is 206 Å². The van der Waals surface area contributed by atoms with Crippen LogP contribution in [0.15, 0.2) is 48.5 Å². The van der Waals surface area contributed by atoms with Crippen molar-refractivity contribution in [1.29, 1.82) is 0 Å². The molecular weight excluding hydrogens is 599 g/mol. The van der Waals surface area contributed by atoms with Crippen molar-refractivity contribution < 1.29 is 68.2 Å². The van der Waals surface area contributed by atoms with Gasteiger partial charge in [-0.15, -0.1) is 0 Å². The topological polar surface area (TPSA) is 63.2 Å². The van der Waals surface area contributed by atoms with Crippen LogP contribution in [0.2, 0.25) is 0 Å². The Morgan fingerprint density at radius 1 is 1.04 bits per heavy atom. The van der Waals surface area contributed by atoms with Crippen LogP contribution in [0.4, 0.5) is 0 Å². The molecule has 1 aliphatic carbocycles. The monoisotopic (exact) mass is 622 g/mol. The molecule has 0 spiro atoms. The molecule has 6 heteroatoms. The van der Waals surface area contributed by atoms with Gasteiger partial charge in [-0.3, -0.25) is 9.59 Å². The Balaban J connectivity index is 0.00000243. The first-order valence-corrected chi connectivity index (χ1v) is 8.24. The molecule has 0 saturated heterocycles. The van der Waals surface area contributed by atoms with Crippen molar-refractivity contribution in [1.82, 2.24) is 5.32 Å². The average Bonchev–Trinajstić information content (AvgIpc) is 3.00. The van der Waals surface area contributed by atoms with Crippen molar-refractivity contribution in [3.8, 4) is 0 Å². The molecule has 0 aromatic heterocycles. The van der Waals surface area contributed by atoms with Gasteiger partial charge < -0.3 is 24.5 Å². The smallest absolute Gasteiger partial charge is 0.251 e. The van der Waals surface area contributed by atoms with Gasteiger partial charge in [0.2, 0.25) is 0 Å². The molecule has 1 radical (unpaired) electrons. The maximum absolute atomic E-state index is 12.8. The maximum Gasteiger partial charge on any atom is 0.251 e. The van der Waals surface area contributed by atoms with Crippen molar-refractivity contribution in [3.63, 3.8) is 0 Å². The molecule has 0 heterocycles. The molecule has 1 aliphatic rings. The molecule has 2 aromatic carbocycles. The number of carbonyl (C=O) groups is 3. The van der Waals surface area contributed by atoms with Crippen LogP contribution in [-0.2, 0) is 76.2 Å². The molecule has 0 aliphatic heterocycles. The molecular formula is C22H23NO3WY-2. The maximum atomic E-state index is 12.8. The second-order valence-corrected chi connectivity index (χ2v) is 6.60. The number of fused-ring (bicyclic) bond motifs is 1. The van der Waals surface area contributed by atoms with E-state index in [0.717, 1.165) is 16.7 Å². The number of carbonyl (C=O) groups excluding carboxylic acids is 3. The number of benzene rings is 2. The molecule has 0 bridgehead atoms. The van der Waals surface area contributed by atoms with Gasteiger partial charge in [-0.05, 0) is 43.0 Å². The van der Waals surface area contributed by atoms with Crippen molar-refractivity contribution >= 4 is 17.5 Å². The Bertz CT molecular complexity index is 841. The summed E-state index contributed by atoms with van der Waals surface area (Å²) in [7, 11) is 0. The van der Waals surface area contributed by atoms with Crippen molar-refractivity contribution in [2.45, 2.75) is 19.8 Å². The first-order valence-electron chi connectivity index (χ1n) is 8.24. The van der Waals surface area contributed by atoms with Gasteiger partial charge in [0.15, 0.2) is 5.78 Å². The number of ketones is 2. The third-order valence-electron chi connectivity index (χ3n) is 4.86. The first kappa shape index (κ1) is 26.9. The summed E-state index contributed by atoms with van der Waals surface area (Å²) in [6.45, 7) is 5.24. The predicted octanol–water partition coefficient (Wildman–Crippen LogP) is 2.93. The van der Waals surface area contributed by atoms with Gasteiger partial charge in [0.05, 0.1) is 12.0 Å². The quantitative estimate of drug-likeness (QED) is 0.413. The number of rotatable bonds is 5. The summed E-state index contributed by atoms with van der Waals surface area (Å²) >= 11 is 0. The van der Waals surface area contributed by atoms with Gasteiger partial charge in [0.1, 0.15) is 0 Å². The number of amides is 1. The van der Waals surface area contributed by atoms with Crippen LogP contribution >= 0.6 is 0 Å². The van der Waals surface area contributed by atoms with Gasteiger partial charge >= 0.3 is 0 Å². The molecule has 0 fully saturated rings. The zero-order valence-electron chi connectivity index (χ0n) is 16.2. The van der Waals surface area contributed by atoms with Gasteiger partial charge in [0, 0.05) is 65.1 Å². The Morgan fingerprint density at radius 3 is 2.11 bits per heavy atom. The summed E-state index contributed by atoms with van der Waals surface area (Å²) < 4.78 is 0. The molecule has 4 nitrogen and oxygen atoms in total. The fourth-order valence-electron chi connectivity index (χ4n) is 3.38. The summed E-state index contributed by atoms with van der Waals surface area (Å²) in [6.07, 6.45) is 0.704. The van der Waals surface area contributed by atoms with E-state index in [-0.39, 0.29) is 79.4 Å². The largest absolute Gasteiger partial charge is 0.358 e. The SMILES string of the molecule is [CH2-]C(=O)C1(C(=O)CNC(=O)c2cccc(C)c2)Cc2ccccc2C1.[CH3-].[W].[Y]. The minimum atomic E-state index is -1.16. The number of nitrogens with one attached hydrogen (secondary N) is 1. The number of aryl methyl sites for hydroxylation is 1. The van der Waals surface area contributed by atoms with Crippen molar-refractivity contribution in [2.75, 3.05) is 6.54 Å². The molecule has 28 heavy (non-hydrogen) atoms. The van der Waals surface area contributed by atoms with E-state index in [1.165, 1.54) is 0 Å². The minimum absolute atomic E-state index is 0. The Morgan fingerprint density at radius 2 is 1.61 bits per heavy atom. The minimum Gasteiger partial charge on any atom is -0.358 e. The second kappa shape index (κ2) is 11.2. The van der Waals surface area contributed by atoms with E-state index < -0.39 is 11.2 Å². The third-order valence-corrected chi connectivity index (χ3v) is 4.86. The Kier molecular flexibility index (Phi) is 10.8. The summed E-state index contributed by atoms with van der Waals surface area (Å²) in [5, 5.41) is 2.64. The molecule has 0 saturated carbocycles. The third kappa shape index (κ3) is 5.50. The van der Waals surface area contributed by atoms with Crippen LogP contribution in [0.1, 0.15) is 27.0 Å². The van der Waals surface area contributed by atoms with Gasteiger partial charge in [-0.25, -0.2) is 0 Å². The number of Topliss-reactive ketones (excluding diaryl/α,β-unsaturated/α-hetero) is 2. The fourth-order valence-corrected chi connectivity index (χ4v) is 3.38. The van der Waals surface area contributed by atoms with Crippen LogP contribution in [0.25, 0.3) is 0 Å². The van der Waals surface area contributed by atoms with E-state index in [0.29, 0.717) is 18.4 Å². The molecule has 0 unspecified atom stereocenters. The Hall–Kier alpha value is -1.09. The molecule has 0 atom stereocenters. The fraction of sp³-hybridized carbons (Fsp3) is 0.227. The van der Waals surface area contributed by atoms with Crippen LogP contribution < -0.4 is 5.32 Å². The number of hydrogen-bond acceptors (Lipinski definition) is 3. The standard InChI is InChI=1S/C21H20NO3.CH3.W.Y/c1-14-6-5-9-16(10-14)20(25)22-13-19(24)21(15(2)23)11-17-7-3-4-8-18(17)12-21;;;/h3-10H,2,11-13H2,1H3,(H,22,25);1H3;;/q2*-1;;. The van der Waals surface area contributed by atoms with E-state index in [1.54, 1.807) is 18.2 Å². The zero-order valence-corrected chi connectivity index (χ0v) is 21.9. The van der Waals surface area contributed by atoms with Gasteiger partial charge in [-0.1, -0.05) is 42.0 Å². The molecule has 2 aromatic rings. The van der Waals surface area contributed by atoms with E-state index >= 15 is 0 Å². The number of hydrogen-bond donors (Lipinski definition) is 1. The van der Waals surface area contributed by atoms with Gasteiger partial charge in [0.25, 0.3) is 5.91 Å². The zero-order chi connectivity index (χ0) is 18.0. The molecule has 1 N–H and O–H groups in total. The summed E-state index contributed by atoms with van der Waals surface area (Å²) in [6, 6.07) is 14.8. The average molecular weight is 622 g/mol. The van der Waals surface area contributed by atoms with Crippen LogP contribution in [0.5, 0.6) is 0 Å². The normalized spacial score (nSPS) is 13.0. The summed E-state index contributed by atoms with van der Waals surface area (Å²) in [5.74, 6) is -0.998. The van der Waals surface area contributed by atoms with E-state index in [2.05, 4.69) is 12.2 Å². The molecule has 145 valence electrons. The molecule has 1 amide bonds. The summed E-state index contributed by atoms with van der Waals surface area (Å²) in [5.41, 5.74) is 2.30. The van der Waals surface area contributed by atoms with Crippen LogP contribution in [0.3, 0.4) is 0 Å². The van der Waals surface area contributed by atoms with Gasteiger partial charge in [-0.2, -0.15) is 0 Å². The molecule has 3 rings (SSSR count). The van der Waals surface area contributed by atoms with E-state index in [9.17, 15) is 14.4 Å². The predicted molar refractivity (Wildman–Crippen MR) is 102 cm³/mol. The first-order chi connectivity index (χ1) is 11.9. The van der Waals surface area contributed by atoms with E-state index in [1.807, 2.05) is 37.3 Å². The van der Waals surface area contributed by atoms with Crippen LogP contribution in [-0.4, -0.2) is 24.0 Å². The van der Waals surface area contributed by atoms with E-state index in [4.69, 9.17) is 0 Å².